The highest BCUT2D eigenvalue weighted by atomic mass is 35.5. The number of halogens is 2. The maximum Gasteiger partial charge on any atom is 0.131 e. The molecule has 1 heterocycles. The molecule has 0 saturated heterocycles. The van der Waals surface area contributed by atoms with E-state index in [1.54, 1.807) is 0 Å². The van der Waals surface area contributed by atoms with Gasteiger partial charge >= 0.3 is 0 Å². The summed E-state index contributed by atoms with van der Waals surface area (Å²) in [5, 5.41) is 7.00. The van der Waals surface area contributed by atoms with E-state index >= 15 is 0 Å². The lowest BCUT2D eigenvalue weighted by Crippen LogP contribution is -2.28. The third-order valence-corrected chi connectivity index (χ3v) is 0.885. The van der Waals surface area contributed by atoms with Crippen molar-refractivity contribution in [2.24, 2.45) is 10.4 Å². The summed E-state index contributed by atoms with van der Waals surface area (Å²) in [4.78, 5) is 0. The molecular weight excluding hydrogens is 163 g/mol. The molecule has 2 N–H and O–H groups in total. The van der Waals surface area contributed by atoms with Crippen molar-refractivity contribution in [3.8, 4) is 0 Å². The number of rotatable bonds is 1. The molecule has 0 fully saturated rings. The predicted octanol–water partition coefficient (Wildman–Crippen LogP) is 1.04. The van der Waals surface area contributed by atoms with Crippen LogP contribution in [0.1, 0.15) is 13.3 Å². The fourth-order valence-corrected chi connectivity index (χ4v) is 0.409. The van der Waals surface area contributed by atoms with E-state index in [0.29, 0.717) is 0 Å². The van der Waals surface area contributed by atoms with Crippen molar-refractivity contribution in [3.05, 3.63) is 0 Å². The molecule has 0 unspecified atom stereocenters. The van der Waals surface area contributed by atoms with Crippen LogP contribution in [0.15, 0.2) is 10.4 Å². The van der Waals surface area contributed by atoms with E-state index in [1.165, 1.54) is 0 Å². The Kier molecular flexibility index (Phi) is 7.59. The molecule has 56 valence electrons. The van der Waals surface area contributed by atoms with Gasteiger partial charge in [-0.2, -0.15) is 0 Å². The molecule has 9 heavy (non-hydrogen) atoms. The molecule has 0 atom stereocenters. The Morgan fingerprint density at radius 3 is 1.89 bits per heavy atom. The molecule has 6 heteroatoms. The molecule has 1 aliphatic rings. The zero-order valence-corrected chi connectivity index (χ0v) is 6.63. The Bertz CT molecular complexity index is 77.9. The number of hydrogen-bond donors (Lipinski definition) is 2. The first kappa shape index (κ1) is 11.6. The minimum Gasteiger partial charge on any atom is -0.266 e. The summed E-state index contributed by atoms with van der Waals surface area (Å²) in [6.07, 6.45) is 1.27. The molecule has 0 aromatic rings. The van der Waals surface area contributed by atoms with Crippen LogP contribution in [0.25, 0.3) is 0 Å². The minimum atomic E-state index is 0. The van der Waals surface area contributed by atoms with Crippen LogP contribution < -0.4 is 10.9 Å². The number of hydrogen-bond acceptors (Lipinski definition) is 4. The first-order valence-corrected chi connectivity index (χ1v) is 2.34. The molecule has 0 aliphatic carbocycles. The maximum absolute atomic E-state index is 3.50. The van der Waals surface area contributed by atoms with Gasteiger partial charge in [0.15, 0.2) is 0 Å². The Hall–Kier alpha value is -0.220. The van der Waals surface area contributed by atoms with Gasteiger partial charge < -0.3 is 0 Å². The summed E-state index contributed by atoms with van der Waals surface area (Å²) in [6.45, 7) is 2.06. The largest absolute Gasteiger partial charge is 0.266 e. The summed E-state index contributed by atoms with van der Waals surface area (Å²) in [6, 6.07) is 0. The van der Waals surface area contributed by atoms with E-state index in [2.05, 4.69) is 28.2 Å². The minimum absolute atomic E-state index is 0. The standard InChI is InChI=1S/C3H8N4.2ClH/c1-2-3-4-6-7-5-3;;/h3H,2H2,1H3,(H,4,7)(H,5,6);2*1H. The van der Waals surface area contributed by atoms with Crippen molar-refractivity contribution in [1.29, 1.82) is 0 Å². The molecule has 0 amide bonds. The molecule has 0 aromatic carbocycles. The van der Waals surface area contributed by atoms with Crippen molar-refractivity contribution in [2.75, 3.05) is 0 Å². The van der Waals surface area contributed by atoms with E-state index in [0.717, 1.165) is 6.42 Å². The molecular formula is C3H10Cl2N4. The van der Waals surface area contributed by atoms with Crippen LogP contribution in [-0.4, -0.2) is 6.17 Å². The van der Waals surface area contributed by atoms with Crippen molar-refractivity contribution in [1.82, 2.24) is 10.9 Å². The fraction of sp³-hybridized carbons (Fsp3) is 1.00. The van der Waals surface area contributed by atoms with E-state index in [9.17, 15) is 0 Å². The average molecular weight is 173 g/mol. The molecule has 1 rings (SSSR count). The van der Waals surface area contributed by atoms with E-state index in [4.69, 9.17) is 0 Å². The summed E-state index contributed by atoms with van der Waals surface area (Å²) in [5.41, 5.74) is 5.51. The van der Waals surface area contributed by atoms with Gasteiger partial charge in [-0.25, -0.2) is 0 Å². The Morgan fingerprint density at radius 1 is 1.22 bits per heavy atom. The Morgan fingerprint density at radius 2 is 1.67 bits per heavy atom. The van der Waals surface area contributed by atoms with Gasteiger partial charge in [0.25, 0.3) is 0 Å². The molecule has 0 bridgehead atoms. The average Bonchev–Trinajstić information content (AvgIpc) is 2.14. The maximum atomic E-state index is 3.50. The van der Waals surface area contributed by atoms with Gasteiger partial charge in [0.05, 0.1) is 0 Å². The highest BCUT2D eigenvalue weighted by Gasteiger charge is 2.04. The first-order chi connectivity index (χ1) is 3.43. The molecule has 0 aromatic heterocycles. The SMILES string of the molecule is CCC1NN=NN1.Cl.Cl. The van der Waals surface area contributed by atoms with Crippen molar-refractivity contribution in [2.45, 2.75) is 19.5 Å². The van der Waals surface area contributed by atoms with E-state index in [-0.39, 0.29) is 31.0 Å². The lowest BCUT2D eigenvalue weighted by atomic mass is 10.4. The van der Waals surface area contributed by atoms with E-state index in [1.807, 2.05) is 0 Å². The predicted molar refractivity (Wildman–Crippen MR) is 39.7 cm³/mol. The van der Waals surface area contributed by atoms with Gasteiger partial charge in [-0.05, 0) is 6.42 Å². The second kappa shape index (κ2) is 5.91. The van der Waals surface area contributed by atoms with Gasteiger partial charge in [0, 0.05) is 0 Å². The lowest BCUT2D eigenvalue weighted by molar-refractivity contribution is 0.508. The molecule has 1 aliphatic heterocycles. The summed E-state index contributed by atoms with van der Waals surface area (Å²) in [5.74, 6) is 0. The van der Waals surface area contributed by atoms with Crippen LogP contribution in [-0.2, 0) is 0 Å². The third kappa shape index (κ3) is 3.37. The highest BCUT2D eigenvalue weighted by Crippen LogP contribution is 1.90. The zero-order chi connectivity index (χ0) is 5.11. The first-order valence-electron chi connectivity index (χ1n) is 2.34. The van der Waals surface area contributed by atoms with Crippen LogP contribution in [0.3, 0.4) is 0 Å². The van der Waals surface area contributed by atoms with E-state index < -0.39 is 0 Å². The van der Waals surface area contributed by atoms with Crippen molar-refractivity contribution in [3.63, 3.8) is 0 Å². The molecule has 0 radical (unpaired) electrons. The second-order valence-corrected chi connectivity index (χ2v) is 1.42. The number of nitrogens with one attached hydrogen (secondary N) is 2. The van der Waals surface area contributed by atoms with Gasteiger partial charge in [-0.1, -0.05) is 17.4 Å². The highest BCUT2D eigenvalue weighted by molar-refractivity contribution is 5.85. The smallest absolute Gasteiger partial charge is 0.131 e. The Labute approximate surface area is 66.3 Å². The lowest BCUT2D eigenvalue weighted by Gasteiger charge is -2.01. The van der Waals surface area contributed by atoms with Crippen LogP contribution in [0.2, 0.25) is 0 Å². The third-order valence-electron chi connectivity index (χ3n) is 0.885. The van der Waals surface area contributed by atoms with Gasteiger partial charge in [0.2, 0.25) is 0 Å². The molecule has 0 spiro atoms. The fourth-order valence-electron chi connectivity index (χ4n) is 0.409. The normalized spacial score (nSPS) is 14.8. The van der Waals surface area contributed by atoms with Crippen LogP contribution in [0.4, 0.5) is 0 Å². The quantitative estimate of drug-likeness (QED) is 0.622. The second-order valence-electron chi connectivity index (χ2n) is 1.42. The Balaban J connectivity index is 0. The monoisotopic (exact) mass is 172 g/mol. The van der Waals surface area contributed by atoms with Gasteiger partial charge in [0.1, 0.15) is 6.17 Å². The summed E-state index contributed by atoms with van der Waals surface area (Å²) < 4.78 is 0. The molecule has 4 nitrogen and oxygen atoms in total. The van der Waals surface area contributed by atoms with Crippen LogP contribution >= 0.6 is 24.8 Å². The van der Waals surface area contributed by atoms with Crippen LogP contribution in [0, 0.1) is 0 Å². The van der Waals surface area contributed by atoms with Crippen LogP contribution in [0.5, 0.6) is 0 Å². The topological polar surface area (TPSA) is 48.8 Å². The summed E-state index contributed by atoms with van der Waals surface area (Å²) in [7, 11) is 0. The van der Waals surface area contributed by atoms with Gasteiger partial charge in [-0.3, -0.25) is 10.9 Å². The van der Waals surface area contributed by atoms with Gasteiger partial charge in [-0.15, -0.1) is 24.8 Å². The summed E-state index contributed by atoms with van der Waals surface area (Å²) >= 11 is 0. The van der Waals surface area contributed by atoms with Crippen molar-refractivity contribution >= 4 is 24.8 Å². The molecule has 0 saturated carbocycles. The number of nitrogens with zero attached hydrogens (tertiary/aromatic N) is 2. The zero-order valence-electron chi connectivity index (χ0n) is 5.00. The van der Waals surface area contributed by atoms with Crippen molar-refractivity contribution < 1.29 is 0 Å².